The second kappa shape index (κ2) is 5.26. The van der Waals surface area contributed by atoms with Gasteiger partial charge in [0.1, 0.15) is 0 Å². The van der Waals surface area contributed by atoms with Crippen molar-refractivity contribution in [2.75, 3.05) is 0 Å². The largest absolute Gasteiger partial charge is 0.350 e. The molecule has 0 saturated heterocycles. The average molecular weight is 257 g/mol. The molecular formula is C15H19N3O. The number of carbonyl (C=O) groups excluding carboxylic acids is 1. The van der Waals surface area contributed by atoms with Crippen molar-refractivity contribution in [1.29, 1.82) is 0 Å². The number of aromatic amines is 1. The van der Waals surface area contributed by atoms with E-state index in [2.05, 4.69) is 27.6 Å². The Morgan fingerprint density at radius 3 is 2.37 bits per heavy atom. The lowest BCUT2D eigenvalue weighted by Gasteiger charge is -2.13. The third-order valence-electron chi connectivity index (χ3n) is 3.25. The normalized spacial score (nSPS) is 12.2. The minimum atomic E-state index is -0.0156. The molecule has 0 aliphatic rings. The molecule has 0 aliphatic heterocycles. The summed E-state index contributed by atoms with van der Waals surface area (Å²) in [5, 5.41) is 10.1. The quantitative estimate of drug-likeness (QED) is 0.888. The highest BCUT2D eigenvalue weighted by atomic mass is 16.1. The van der Waals surface area contributed by atoms with Gasteiger partial charge >= 0.3 is 0 Å². The maximum absolute atomic E-state index is 11.0. The van der Waals surface area contributed by atoms with Crippen LogP contribution < -0.4 is 5.32 Å². The van der Waals surface area contributed by atoms with E-state index in [1.807, 2.05) is 32.9 Å². The van der Waals surface area contributed by atoms with Gasteiger partial charge in [-0.2, -0.15) is 5.10 Å². The Morgan fingerprint density at radius 1 is 1.26 bits per heavy atom. The smallest absolute Gasteiger partial charge is 0.217 e. The standard InChI is InChI=1S/C15H19N3O/c1-9(16-12(4)19)13-5-7-14(8-6-13)15-10(2)17-18-11(15)3/h5-9H,1-4H3,(H,16,19)(H,17,18). The summed E-state index contributed by atoms with van der Waals surface area (Å²) in [7, 11) is 0. The number of benzene rings is 1. The third-order valence-corrected chi connectivity index (χ3v) is 3.25. The fourth-order valence-corrected chi connectivity index (χ4v) is 2.30. The van der Waals surface area contributed by atoms with Crippen LogP contribution in [0.1, 0.15) is 36.8 Å². The SMILES string of the molecule is CC(=O)NC(C)c1ccc(-c2c(C)n[nH]c2C)cc1. The lowest BCUT2D eigenvalue weighted by molar-refractivity contribution is -0.119. The minimum Gasteiger partial charge on any atom is -0.350 e. The molecule has 0 spiro atoms. The second-order valence-electron chi connectivity index (χ2n) is 4.85. The van der Waals surface area contributed by atoms with Crippen molar-refractivity contribution in [2.45, 2.75) is 33.7 Å². The summed E-state index contributed by atoms with van der Waals surface area (Å²) in [5.41, 5.74) is 5.46. The molecule has 100 valence electrons. The molecule has 0 radical (unpaired) electrons. The van der Waals surface area contributed by atoms with E-state index in [9.17, 15) is 4.79 Å². The van der Waals surface area contributed by atoms with E-state index in [0.717, 1.165) is 28.1 Å². The first kappa shape index (κ1) is 13.3. The second-order valence-corrected chi connectivity index (χ2v) is 4.85. The Hall–Kier alpha value is -2.10. The number of aromatic nitrogens is 2. The van der Waals surface area contributed by atoms with Gasteiger partial charge in [-0.1, -0.05) is 24.3 Å². The zero-order chi connectivity index (χ0) is 14.0. The van der Waals surface area contributed by atoms with E-state index in [4.69, 9.17) is 0 Å². The zero-order valence-electron chi connectivity index (χ0n) is 11.7. The first-order chi connectivity index (χ1) is 8.99. The van der Waals surface area contributed by atoms with Crippen molar-refractivity contribution in [3.8, 4) is 11.1 Å². The number of amides is 1. The molecule has 1 amide bonds. The maximum atomic E-state index is 11.0. The van der Waals surface area contributed by atoms with Crippen LogP contribution in [0.25, 0.3) is 11.1 Å². The highest BCUT2D eigenvalue weighted by molar-refractivity contribution is 5.73. The highest BCUT2D eigenvalue weighted by Gasteiger charge is 2.10. The topological polar surface area (TPSA) is 57.8 Å². The molecule has 4 nitrogen and oxygen atoms in total. The summed E-state index contributed by atoms with van der Waals surface area (Å²) in [5.74, 6) is -0.0156. The van der Waals surface area contributed by atoms with Gasteiger partial charge in [-0.3, -0.25) is 9.89 Å². The molecule has 2 aromatic rings. The van der Waals surface area contributed by atoms with Crippen molar-refractivity contribution < 1.29 is 4.79 Å². The van der Waals surface area contributed by atoms with E-state index in [0.29, 0.717) is 0 Å². The molecule has 1 aromatic carbocycles. The molecule has 1 aromatic heterocycles. The van der Waals surface area contributed by atoms with Crippen LogP contribution >= 0.6 is 0 Å². The maximum Gasteiger partial charge on any atom is 0.217 e. The van der Waals surface area contributed by atoms with Crippen molar-refractivity contribution in [1.82, 2.24) is 15.5 Å². The monoisotopic (exact) mass is 257 g/mol. The molecule has 0 aliphatic carbocycles. The first-order valence-electron chi connectivity index (χ1n) is 6.38. The zero-order valence-corrected chi connectivity index (χ0v) is 11.7. The van der Waals surface area contributed by atoms with Crippen molar-refractivity contribution >= 4 is 5.91 Å². The Balaban J connectivity index is 2.26. The van der Waals surface area contributed by atoms with Crippen LogP contribution in [0, 0.1) is 13.8 Å². The predicted molar refractivity (Wildman–Crippen MR) is 75.7 cm³/mol. The Morgan fingerprint density at radius 2 is 1.89 bits per heavy atom. The fourth-order valence-electron chi connectivity index (χ4n) is 2.30. The van der Waals surface area contributed by atoms with Gasteiger partial charge in [0, 0.05) is 18.2 Å². The van der Waals surface area contributed by atoms with Crippen LogP contribution in [0.2, 0.25) is 0 Å². The van der Waals surface area contributed by atoms with Crippen molar-refractivity contribution in [2.24, 2.45) is 0 Å². The van der Waals surface area contributed by atoms with Crippen molar-refractivity contribution in [3.05, 3.63) is 41.2 Å². The molecule has 19 heavy (non-hydrogen) atoms. The molecule has 0 saturated carbocycles. The fraction of sp³-hybridized carbons (Fsp3) is 0.333. The number of hydrogen-bond donors (Lipinski definition) is 2. The summed E-state index contributed by atoms with van der Waals surface area (Å²) in [6.07, 6.45) is 0. The first-order valence-corrected chi connectivity index (χ1v) is 6.38. The minimum absolute atomic E-state index is 0.0156. The van der Waals surface area contributed by atoms with Gasteiger partial charge in [-0.15, -0.1) is 0 Å². The predicted octanol–water partition coefficient (Wildman–Crippen LogP) is 2.89. The van der Waals surface area contributed by atoms with Gasteiger partial charge in [0.05, 0.1) is 11.7 Å². The van der Waals surface area contributed by atoms with Gasteiger partial charge in [-0.05, 0) is 31.9 Å². The molecule has 1 heterocycles. The van der Waals surface area contributed by atoms with E-state index in [1.165, 1.54) is 6.92 Å². The Labute approximate surface area is 113 Å². The number of H-pyrrole nitrogens is 1. The molecule has 1 atom stereocenters. The average Bonchev–Trinajstić information content (AvgIpc) is 2.68. The van der Waals surface area contributed by atoms with Gasteiger partial charge in [0.25, 0.3) is 0 Å². The van der Waals surface area contributed by atoms with E-state index < -0.39 is 0 Å². The molecule has 2 rings (SSSR count). The summed E-state index contributed by atoms with van der Waals surface area (Å²) < 4.78 is 0. The van der Waals surface area contributed by atoms with Gasteiger partial charge in [0.15, 0.2) is 0 Å². The number of nitrogens with one attached hydrogen (secondary N) is 2. The summed E-state index contributed by atoms with van der Waals surface area (Å²) >= 11 is 0. The lowest BCUT2D eigenvalue weighted by Crippen LogP contribution is -2.23. The molecular weight excluding hydrogens is 238 g/mol. The highest BCUT2D eigenvalue weighted by Crippen LogP contribution is 2.26. The molecule has 0 bridgehead atoms. The van der Waals surface area contributed by atoms with Crippen LogP contribution in [-0.2, 0) is 4.79 Å². The summed E-state index contributed by atoms with van der Waals surface area (Å²) in [4.78, 5) is 11.0. The van der Waals surface area contributed by atoms with Crippen LogP contribution in [0.15, 0.2) is 24.3 Å². The van der Waals surface area contributed by atoms with E-state index in [1.54, 1.807) is 0 Å². The van der Waals surface area contributed by atoms with Crippen LogP contribution in [0.5, 0.6) is 0 Å². The van der Waals surface area contributed by atoms with Crippen LogP contribution in [-0.4, -0.2) is 16.1 Å². The molecule has 2 N–H and O–H groups in total. The van der Waals surface area contributed by atoms with E-state index in [-0.39, 0.29) is 11.9 Å². The number of aryl methyl sites for hydroxylation is 2. The lowest BCUT2D eigenvalue weighted by atomic mass is 10.00. The van der Waals surface area contributed by atoms with Crippen molar-refractivity contribution in [3.63, 3.8) is 0 Å². The molecule has 4 heteroatoms. The Bertz CT molecular complexity index is 564. The number of hydrogen-bond acceptors (Lipinski definition) is 2. The van der Waals surface area contributed by atoms with Gasteiger partial charge in [0.2, 0.25) is 5.91 Å². The molecule has 1 unspecified atom stereocenters. The van der Waals surface area contributed by atoms with E-state index >= 15 is 0 Å². The number of carbonyl (C=O) groups is 1. The van der Waals surface area contributed by atoms with Crippen LogP contribution in [0.4, 0.5) is 0 Å². The van der Waals surface area contributed by atoms with Gasteiger partial charge in [-0.25, -0.2) is 0 Å². The van der Waals surface area contributed by atoms with Crippen LogP contribution in [0.3, 0.4) is 0 Å². The number of rotatable bonds is 3. The third kappa shape index (κ3) is 2.84. The van der Waals surface area contributed by atoms with Gasteiger partial charge < -0.3 is 5.32 Å². The Kier molecular flexibility index (Phi) is 3.69. The summed E-state index contributed by atoms with van der Waals surface area (Å²) in [6.45, 7) is 7.52. The molecule has 0 fully saturated rings. The number of nitrogens with zero attached hydrogens (tertiary/aromatic N) is 1. The summed E-state index contributed by atoms with van der Waals surface area (Å²) in [6, 6.07) is 8.25.